The molecular weight excluding hydrogens is 373 g/mol. The Morgan fingerprint density at radius 1 is 1.29 bits per heavy atom. The van der Waals surface area contributed by atoms with Crippen LogP contribution in [0.3, 0.4) is 0 Å². The molecule has 0 bridgehead atoms. The summed E-state index contributed by atoms with van der Waals surface area (Å²) in [4.78, 5) is 9.81. The van der Waals surface area contributed by atoms with Crippen LogP contribution in [0.1, 0.15) is 30.1 Å². The molecule has 0 amide bonds. The number of nitrogens with one attached hydrogen (secondary N) is 2. The van der Waals surface area contributed by atoms with Gasteiger partial charge in [0.1, 0.15) is 17.5 Å². The summed E-state index contributed by atoms with van der Waals surface area (Å²) in [6.45, 7) is 1.79. The second-order valence-corrected chi connectivity index (χ2v) is 6.65. The maximum atomic E-state index is 12.5. The molecule has 3 heterocycles. The van der Waals surface area contributed by atoms with Crippen molar-refractivity contribution < 1.29 is 13.2 Å². The molecule has 150 valence electrons. The van der Waals surface area contributed by atoms with E-state index < -0.39 is 12.7 Å². The predicted molar refractivity (Wildman–Crippen MR) is 97.3 cm³/mol. The van der Waals surface area contributed by atoms with Gasteiger partial charge in [-0.15, -0.1) is 0 Å². The van der Waals surface area contributed by atoms with Gasteiger partial charge in [-0.25, -0.2) is 4.98 Å². The second kappa shape index (κ2) is 8.02. The van der Waals surface area contributed by atoms with Crippen molar-refractivity contribution in [3.8, 4) is 6.07 Å². The Bertz CT molecular complexity index is 862. The van der Waals surface area contributed by atoms with E-state index in [9.17, 15) is 13.2 Å². The molecule has 1 saturated heterocycles. The molecule has 0 unspecified atom stereocenters. The highest BCUT2D eigenvalue weighted by molar-refractivity contribution is 5.59. The zero-order chi connectivity index (χ0) is 20.3. The molecule has 0 saturated carbocycles. The SMILES string of the molecule is CNc1nc(Nc2cnn(C3CCN(CC(F)(F)F)CC3)c2C)ncc1C#N. The van der Waals surface area contributed by atoms with Crippen LogP contribution in [0.5, 0.6) is 0 Å². The summed E-state index contributed by atoms with van der Waals surface area (Å²) in [6.07, 6.45) is 0.124. The van der Waals surface area contributed by atoms with Gasteiger partial charge in [0.25, 0.3) is 0 Å². The molecule has 0 spiro atoms. The topological polar surface area (TPSA) is 94.7 Å². The fraction of sp³-hybridized carbons (Fsp3) is 0.529. The van der Waals surface area contributed by atoms with Crippen LogP contribution in [-0.4, -0.2) is 57.5 Å². The lowest BCUT2D eigenvalue weighted by Crippen LogP contribution is -2.40. The van der Waals surface area contributed by atoms with Crippen molar-refractivity contribution in [2.24, 2.45) is 0 Å². The Morgan fingerprint density at radius 3 is 2.61 bits per heavy atom. The van der Waals surface area contributed by atoms with E-state index in [-0.39, 0.29) is 6.04 Å². The maximum absolute atomic E-state index is 12.5. The summed E-state index contributed by atoms with van der Waals surface area (Å²) >= 11 is 0. The van der Waals surface area contributed by atoms with Gasteiger partial charge in [-0.3, -0.25) is 9.58 Å². The number of rotatable bonds is 5. The first-order valence-electron chi connectivity index (χ1n) is 8.86. The average molecular weight is 394 g/mol. The van der Waals surface area contributed by atoms with E-state index in [1.54, 1.807) is 13.2 Å². The highest BCUT2D eigenvalue weighted by Gasteiger charge is 2.33. The minimum Gasteiger partial charge on any atom is -0.372 e. The number of piperidine rings is 1. The van der Waals surface area contributed by atoms with Crippen LogP contribution >= 0.6 is 0 Å². The van der Waals surface area contributed by atoms with Gasteiger partial charge in [0.15, 0.2) is 0 Å². The third kappa shape index (κ3) is 4.51. The van der Waals surface area contributed by atoms with Gasteiger partial charge in [-0.2, -0.15) is 28.5 Å². The second-order valence-electron chi connectivity index (χ2n) is 6.65. The Morgan fingerprint density at radius 2 is 2.00 bits per heavy atom. The average Bonchev–Trinajstić information content (AvgIpc) is 3.01. The predicted octanol–water partition coefficient (Wildman–Crippen LogP) is 2.84. The molecule has 11 heteroatoms. The van der Waals surface area contributed by atoms with E-state index in [1.165, 1.54) is 11.1 Å². The molecular formula is C17H21F3N8. The van der Waals surface area contributed by atoms with E-state index in [1.807, 2.05) is 17.7 Å². The molecule has 0 radical (unpaired) electrons. The number of likely N-dealkylation sites (tertiary alicyclic amines) is 1. The van der Waals surface area contributed by atoms with Gasteiger partial charge in [0.2, 0.25) is 5.95 Å². The number of alkyl halides is 3. The van der Waals surface area contributed by atoms with Crippen LogP contribution in [0.4, 0.5) is 30.6 Å². The lowest BCUT2D eigenvalue weighted by atomic mass is 10.0. The molecule has 2 N–H and O–H groups in total. The first-order valence-corrected chi connectivity index (χ1v) is 8.86. The van der Waals surface area contributed by atoms with Gasteiger partial charge < -0.3 is 10.6 Å². The standard InChI is InChI=1S/C17H21F3N8/c1-11-14(25-16-23-8-12(7-21)15(22-2)26-16)9-24-28(11)13-3-5-27(6-4-13)10-17(18,19)20/h8-9,13H,3-6,10H2,1-2H3,(H2,22,23,25,26). The van der Waals surface area contributed by atoms with E-state index in [0.29, 0.717) is 48.9 Å². The van der Waals surface area contributed by atoms with E-state index in [0.717, 1.165) is 5.69 Å². The highest BCUT2D eigenvalue weighted by atomic mass is 19.4. The van der Waals surface area contributed by atoms with Crippen LogP contribution in [0.2, 0.25) is 0 Å². The fourth-order valence-corrected chi connectivity index (χ4v) is 3.32. The van der Waals surface area contributed by atoms with Gasteiger partial charge in [-0.05, 0) is 19.8 Å². The molecule has 0 aliphatic carbocycles. The van der Waals surface area contributed by atoms with Crippen molar-refractivity contribution in [2.45, 2.75) is 32.0 Å². The summed E-state index contributed by atoms with van der Waals surface area (Å²) in [7, 11) is 1.67. The largest absolute Gasteiger partial charge is 0.401 e. The third-order valence-electron chi connectivity index (χ3n) is 4.74. The molecule has 2 aromatic heterocycles. The van der Waals surface area contributed by atoms with Gasteiger partial charge in [0, 0.05) is 20.1 Å². The van der Waals surface area contributed by atoms with Gasteiger partial charge in [-0.1, -0.05) is 0 Å². The summed E-state index contributed by atoms with van der Waals surface area (Å²) in [6, 6.07) is 2.06. The number of nitriles is 1. The number of aromatic nitrogens is 4. The summed E-state index contributed by atoms with van der Waals surface area (Å²) in [5, 5.41) is 19.4. The summed E-state index contributed by atoms with van der Waals surface area (Å²) in [5.41, 5.74) is 1.91. The van der Waals surface area contributed by atoms with Crippen LogP contribution in [0, 0.1) is 18.3 Å². The van der Waals surface area contributed by atoms with Gasteiger partial charge >= 0.3 is 6.18 Å². The number of halogens is 3. The Hall–Kier alpha value is -2.87. The minimum atomic E-state index is -4.17. The summed E-state index contributed by atoms with van der Waals surface area (Å²) in [5.74, 6) is 0.744. The number of hydrogen-bond donors (Lipinski definition) is 2. The number of hydrogen-bond acceptors (Lipinski definition) is 7. The van der Waals surface area contributed by atoms with Crippen molar-refractivity contribution in [3.63, 3.8) is 0 Å². The molecule has 1 fully saturated rings. The first-order chi connectivity index (χ1) is 13.3. The first kappa shape index (κ1) is 19.9. The van der Waals surface area contributed by atoms with Crippen molar-refractivity contribution in [1.29, 1.82) is 5.26 Å². The van der Waals surface area contributed by atoms with Crippen LogP contribution in [0.15, 0.2) is 12.4 Å². The third-order valence-corrected chi connectivity index (χ3v) is 4.74. The van der Waals surface area contributed by atoms with E-state index in [2.05, 4.69) is 25.7 Å². The maximum Gasteiger partial charge on any atom is 0.401 e. The molecule has 2 aromatic rings. The number of nitrogens with zero attached hydrogens (tertiary/aromatic N) is 6. The van der Waals surface area contributed by atoms with Crippen LogP contribution in [0.25, 0.3) is 0 Å². The zero-order valence-corrected chi connectivity index (χ0v) is 15.6. The van der Waals surface area contributed by atoms with Crippen molar-refractivity contribution in [1.82, 2.24) is 24.6 Å². The summed E-state index contributed by atoms with van der Waals surface area (Å²) < 4.78 is 39.4. The van der Waals surface area contributed by atoms with Crippen molar-refractivity contribution in [3.05, 3.63) is 23.7 Å². The monoisotopic (exact) mass is 394 g/mol. The lowest BCUT2D eigenvalue weighted by molar-refractivity contribution is -0.148. The Labute approximate surface area is 160 Å². The molecule has 8 nitrogen and oxygen atoms in total. The highest BCUT2D eigenvalue weighted by Crippen LogP contribution is 2.29. The Kier molecular flexibility index (Phi) is 5.69. The van der Waals surface area contributed by atoms with Gasteiger partial charge in [0.05, 0.1) is 36.4 Å². The normalized spacial score (nSPS) is 16.0. The van der Waals surface area contributed by atoms with E-state index >= 15 is 0 Å². The van der Waals surface area contributed by atoms with Crippen LogP contribution in [-0.2, 0) is 0 Å². The fourth-order valence-electron chi connectivity index (χ4n) is 3.32. The van der Waals surface area contributed by atoms with Crippen LogP contribution < -0.4 is 10.6 Å². The minimum absolute atomic E-state index is 0.0507. The molecule has 0 aromatic carbocycles. The quantitative estimate of drug-likeness (QED) is 0.805. The van der Waals surface area contributed by atoms with Crippen molar-refractivity contribution >= 4 is 17.5 Å². The number of anilines is 3. The molecule has 3 rings (SSSR count). The lowest BCUT2D eigenvalue weighted by Gasteiger charge is -2.32. The molecule has 0 atom stereocenters. The Balaban J connectivity index is 1.67. The molecule has 1 aliphatic rings. The van der Waals surface area contributed by atoms with E-state index in [4.69, 9.17) is 5.26 Å². The zero-order valence-electron chi connectivity index (χ0n) is 15.6. The smallest absolute Gasteiger partial charge is 0.372 e. The van der Waals surface area contributed by atoms with Crippen molar-refractivity contribution in [2.75, 3.05) is 37.3 Å². The molecule has 28 heavy (non-hydrogen) atoms. The molecule has 1 aliphatic heterocycles.